The summed E-state index contributed by atoms with van der Waals surface area (Å²) in [6.07, 6.45) is 3.25. The van der Waals surface area contributed by atoms with E-state index in [-0.39, 0.29) is 5.91 Å². The Labute approximate surface area is 86.9 Å². The molecule has 0 aromatic heterocycles. The molecule has 3 nitrogen and oxygen atoms in total. The van der Waals surface area contributed by atoms with Crippen LogP contribution in [0.15, 0.2) is 0 Å². The number of carbonyl (C=O) groups excluding carboxylic acids is 1. The van der Waals surface area contributed by atoms with Gasteiger partial charge in [-0.1, -0.05) is 6.92 Å². The Bertz CT molecular complexity index is 209. The molecule has 1 rings (SSSR count). The van der Waals surface area contributed by atoms with Gasteiger partial charge in [-0.2, -0.15) is 0 Å². The van der Waals surface area contributed by atoms with Crippen molar-refractivity contribution in [2.45, 2.75) is 39.2 Å². The van der Waals surface area contributed by atoms with E-state index in [4.69, 9.17) is 0 Å². The number of rotatable bonds is 5. The Balaban J connectivity index is 2.12. The van der Waals surface area contributed by atoms with Crippen LogP contribution in [0.4, 0.5) is 0 Å². The molecule has 1 unspecified atom stereocenters. The average molecular weight is 198 g/mol. The van der Waals surface area contributed by atoms with Gasteiger partial charge in [0.1, 0.15) is 0 Å². The summed E-state index contributed by atoms with van der Waals surface area (Å²) in [5.41, 5.74) is 0.501. The summed E-state index contributed by atoms with van der Waals surface area (Å²) in [7, 11) is 3.60. The van der Waals surface area contributed by atoms with Gasteiger partial charge in [0.2, 0.25) is 5.91 Å². The van der Waals surface area contributed by atoms with Crippen LogP contribution >= 0.6 is 0 Å². The van der Waals surface area contributed by atoms with E-state index >= 15 is 0 Å². The second kappa shape index (κ2) is 4.30. The monoisotopic (exact) mass is 198 g/mol. The minimum Gasteiger partial charge on any atom is -0.349 e. The van der Waals surface area contributed by atoms with Crippen molar-refractivity contribution in [1.29, 1.82) is 0 Å². The summed E-state index contributed by atoms with van der Waals surface area (Å²) in [5, 5.41) is 3.42. The molecule has 1 N–H and O–H groups in total. The molecule has 0 aromatic rings. The van der Waals surface area contributed by atoms with Gasteiger partial charge in [-0.15, -0.1) is 0 Å². The number of hydrogen-bond acceptors (Lipinski definition) is 2. The number of carbonyl (C=O) groups is 1. The molecule has 0 radical (unpaired) electrons. The maximum absolute atomic E-state index is 11.3. The summed E-state index contributed by atoms with van der Waals surface area (Å²) in [5.74, 6) is 0.200. The number of nitrogens with zero attached hydrogens (tertiary/aromatic N) is 1. The van der Waals surface area contributed by atoms with Gasteiger partial charge < -0.3 is 10.2 Å². The smallest absolute Gasteiger partial charge is 0.223 e. The summed E-state index contributed by atoms with van der Waals surface area (Å²) in [6.45, 7) is 5.32. The van der Waals surface area contributed by atoms with Gasteiger partial charge >= 0.3 is 0 Å². The van der Waals surface area contributed by atoms with Gasteiger partial charge in [0, 0.05) is 33.1 Å². The molecule has 1 amide bonds. The molecular formula is C11H22N2O. The summed E-state index contributed by atoms with van der Waals surface area (Å²) >= 11 is 0. The van der Waals surface area contributed by atoms with Crippen molar-refractivity contribution >= 4 is 5.91 Å². The Kier molecular flexibility index (Phi) is 3.53. The number of hydrogen-bond donors (Lipinski definition) is 1. The van der Waals surface area contributed by atoms with E-state index in [9.17, 15) is 4.79 Å². The first kappa shape index (κ1) is 11.5. The molecule has 0 heterocycles. The van der Waals surface area contributed by atoms with E-state index in [1.54, 1.807) is 19.0 Å². The van der Waals surface area contributed by atoms with Crippen LogP contribution in [0.2, 0.25) is 0 Å². The summed E-state index contributed by atoms with van der Waals surface area (Å²) in [6, 6.07) is 0.539. The predicted octanol–water partition coefficient (Wildman–Crippen LogP) is 1.24. The van der Waals surface area contributed by atoms with E-state index in [1.807, 2.05) is 0 Å². The fourth-order valence-electron chi connectivity index (χ4n) is 1.50. The fraction of sp³-hybridized carbons (Fsp3) is 0.909. The molecule has 0 spiro atoms. The maximum atomic E-state index is 11.3. The molecule has 0 bridgehead atoms. The van der Waals surface area contributed by atoms with Crippen LogP contribution < -0.4 is 5.32 Å². The highest BCUT2D eigenvalue weighted by Crippen LogP contribution is 2.47. The third-order valence-electron chi connectivity index (χ3n) is 3.37. The van der Waals surface area contributed by atoms with Crippen molar-refractivity contribution in [1.82, 2.24) is 10.2 Å². The summed E-state index contributed by atoms with van der Waals surface area (Å²) < 4.78 is 0. The standard InChI is InChI=1S/C11H22N2O/c1-9(11(2)6-7-11)12-8-5-10(14)13(3)4/h9,12H,5-8H2,1-4H3. The van der Waals surface area contributed by atoms with Crippen LogP contribution in [0, 0.1) is 5.41 Å². The quantitative estimate of drug-likeness (QED) is 0.721. The van der Waals surface area contributed by atoms with Gasteiger partial charge in [0.15, 0.2) is 0 Å². The van der Waals surface area contributed by atoms with Gasteiger partial charge in [-0.25, -0.2) is 0 Å². The molecule has 0 saturated heterocycles. The second-order valence-corrected chi connectivity index (χ2v) is 4.87. The van der Waals surface area contributed by atoms with Crippen LogP contribution in [-0.2, 0) is 4.79 Å². The van der Waals surface area contributed by atoms with Gasteiger partial charge in [0.25, 0.3) is 0 Å². The van der Waals surface area contributed by atoms with Crippen molar-refractivity contribution in [2.75, 3.05) is 20.6 Å². The highest BCUT2D eigenvalue weighted by molar-refractivity contribution is 5.75. The van der Waals surface area contributed by atoms with E-state index in [1.165, 1.54) is 12.8 Å². The lowest BCUT2D eigenvalue weighted by molar-refractivity contribution is -0.128. The zero-order valence-corrected chi connectivity index (χ0v) is 9.76. The first-order valence-electron chi connectivity index (χ1n) is 5.39. The minimum atomic E-state index is 0.200. The molecule has 14 heavy (non-hydrogen) atoms. The van der Waals surface area contributed by atoms with Gasteiger partial charge in [-0.05, 0) is 25.2 Å². The molecule has 1 aliphatic rings. The first-order chi connectivity index (χ1) is 6.46. The molecule has 0 aromatic carbocycles. The van der Waals surface area contributed by atoms with E-state index in [0.717, 1.165) is 6.54 Å². The molecule has 82 valence electrons. The van der Waals surface area contributed by atoms with E-state index in [0.29, 0.717) is 17.9 Å². The molecule has 0 aliphatic heterocycles. The highest BCUT2D eigenvalue weighted by Gasteiger charge is 2.42. The van der Waals surface area contributed by atoms with Crippen molar-refractivity contribution in [2.24, 2.45) is 5.41 Å². The number of nitrogens with one attached hydrogen (secondary N) is 1. The molecule has 3 heteroatoms. The van der Waals surface area contributed by atoms with Crippen LogP contribution in [0.3, 0.4) is 0 Å². The zero-order chi connectivity index (χ0) is 10.8. The predicted molar refractivity (Wildman–Crippen MR) is 58.1 cm³/mol. The lowest BCUT2D eigenvalue weighted by atomic mass is 10.0. The molecular weight excluding hydrogens is 176 g/mol. The molecule has 1 atom stereocenters. The zero-order valence-electron chi connectivity index (χ0n) is 9.76. The minimum absolute atomic E-state index is 0.200. The van der Waals surface area contributed by atoms with Crippen LogP contribution in [0.25, 0.3) is 0 Å². The Hall–Kier alpha value is -0.570. The van der Waals surface area contributed by atoms with Crippen LogP contribution in [0.1, 0.15) is 33.1 Å². The second-order valence-electron chi connectivity index (χ2n) is 4.87. The van der Waals surface area contributed by atoms with Gasteiger partial charge in [0.05, 0.1) is 0 Å². The molecule has 1 saturated carbocycles. The third-order valence-corrected chi connectivity index (χ3v) is 3.37. The largest absolute Gasteiger partial charge is 0.349 e. The van der Waals surface area contributed by atoms with Crippen molar-refractivity contribution < 1.29 is 4.79 Å². The highest BCUT2D eigenvalue weighted by atomic mass is 16.2. The Morgan fingerprint density at radius 3 is 2.50 bits per heavy atom. The fourth-order valence-corrected chi connectivity index (χ4v) is 1.50. The number of amides is 1. The normalized spacial score (nSPS) is 20.3. The lowest BCUT2D eigenvalue weighted by Gasteiger charge is -2.20. The summed E-state index contributed by atoms with van der Waals surface area (Å²) in [4.78, 5) is 12.9. The molecule has 1 fully saturated rings. The van der Waals surface area contributed by atoms with E-state index < -0.39 is 0 Å². The van der Waals surface area contributed by atoms with E-state index in [2.05, 4.69) is 19.2 Å². The maximum Gasteiger partial charge on any atom is 0.223 e. The van der Waals surface area contributed by atoms with Crippen LogP contribution in [-0.4, -0.2) is 37.5 Å². The van der Waals surface area contributed by atoms with Crippen LogP contribution in [0.5, 0.6) is 0 Å². The third kappa shape index (κ3) is 2.98. The van der Waals surface area contributed by atoms with Crippen molar-refractivity contribution in [3.05, 3.63) is 0 Å². The lowest BCUT2D eigenvalue weighted by Crippen LogP contribution is -2.36. The Morgan fingerprint density at radius 2 is 2.07 bits per heavy atom. The topological polar surface area (TPSA) is 32.3 Å². The van der Waals surface area contributed by atoms with Gasteiger partial charge in [-0.3, -0.25) is 4.79 Å². The first-order valence-corrected chi connectivity index (χ1v) is 5.39. The SMILES string of the molecule is CC(NCCC(=O)N(C)C)C1(C)CC1. The molecule has 1 aliphatic carbocycles. The average Bonchev–Trinajstić information content (AvgIpc) is 2.84. The van der Waals surface area contributed by atoms with Crippen molar-refractivity contribution in [3.63, 3.8) is 0 Å². The Morgan fingerprint density at radius 1 is 1.50 bits per heavy atom. The van der Waals surface area contributed by atoms with Crippen molar-refractivity contribution in [3.8, 4) is 0 Å².